The van der Waals surface area contributed by atoms with E-state index in [0.717, 1.165) is 0 Å². The number of non-ortho nitro benzene ring substituents is 1. The molecule has 4 unspecified atom stereocenters. The van der Waals surface area contributed by atoms with E-state index in [-0.39, 0.29) is 16.9 Å². The van der Waals surface area contributed by atoms with E-state index in [1.165, 1.54) is 24.3 Å². The van der Waals surface area contributed by atoms with Gasteiger partial charge in [0.25, 0.3) is 5.69 Å². The first-order chi connectivity index (χ1) is 9.93. The van der Waals surface area contributed by atoms with E-state index in [4.69, 9.17) is 14.6 Å². The Morgan fingerprint density at radius 1 is 1.14 bits per heavy atom. The summed E-state index contributed by atoms with van der Waals surface area (Å²) in [5, 5.41) is 48.6. The average Bonchev–Trinajstić information content (AvgIpc) is 2.48. The zero-order valence-electron chi connectivity index (χ0n) is 11.3. The van der Waals surface area contributed by atoms with Crippen molar-refractivity contribution in [1.29, 1.82) is 0 Å². The van der Waals surface area contributed by atoms with Crippen LogP contribution in [-0.4, -0.2) is 68.1 Å². The molecule has 1 aliphatic rings. The van der Waals surface area contributed by atoms with Gasteiger partial charge in [-0.3, -0.25) is 10.1 Å². The number of hydrogen-bond donors (Lipinski definition) is 4. The summed E-state index contributed by atoms with van der Waals surface area (Å²) in [6.07, 6.45) is -6.94. The Labute approximate surface area is 124 Å². The molecular weight excluding hydrogens is 302 g/mol. The first-order valence-corrected chi connectivity index (χ1v) is 6.15. The summed E-state index contributed by atoms with van der Waals surface area (Å²) in [4.78, 5) is 9.95. The minimum Gasteiger partial charge on any atom is -0.462 e. The lowest BCUT2D eigenvalue weighted by atomic mass is 9.99. The molecule has 1 aromatic rings. The van der Waals surface area contributed by atoms with Crippen LogP contribution in [0, 0.1) is 10.1 Å². The molecule has 2 rings (SSSR count). The van der Waals surface area contributed by atoms with Crippen LogP contribution < -0.4 is 4.74 Å². The molecule has 1 saturated heterocycles. The van der Waals surface area contributed by atoms with Crippen molar-refractivity contribution in [2.75, 3.05) is 6.61 Å². The highest BCUT2D eigenvalue weighted by molar-refractivity contribution is 5.36. The number of hydrogen-bond acceptors (Lipinski definition) is 8. The van der Waals surface area contributed by atoms with Crippen LogP contribution in [0.25, 0.3) is 0 Å². The molecule has 0 spiro atoms. The van der Waals surface area contributed by atoms with E-state index in [0.29, 0.717) is 0 Å². The maximum atomic E-state index is 10.5. The van der Waals surface area contributed by atoms with Gasteiger partial charge < -0.3 is 35.4 Å². The molecule has 0 aliphatic carbocycles. The van der Waals surface area contributed by atoms with Crippen molar-refractivity contribution in [2.24, 2.45) is 0 Å². The van der Waals surface area contributed by atoms with Crippen molar-refractivity contribution in [3.8, 4) is 5.75 Å². The topological polar surface area (TPSA) is 174 Å². The molecule has 0 saturated carbocycles. The lowest BCUT2D eigenvalue weighted by Gasteiger charge is -2.39. The second-order valence-electron chi connectivity index (χ2n) is 4.57. The van der Waals surface area contributed by atoms with Gasteiger partial charge in [0.1, 0.15) is 30.2 Å². The minimum absolute atomic E-state index is 0. The Kier molecular flexibility index (Phi) is 6.17. The van der Waals surface area contributed by atoms with Crippen molar-refractivity contribution in [1.82, 2.24) is 0 Å². The largest absolute Gasteiger partial charge is 0.462 e. The van der Waals surface area contributed by atoms with Crippen molar-refractivity contribution in [3.63, 3.8) is 0 Å². The molecule has 5 atom stereocenters. The maximum Gasteiger partial charge on any atom is 0.269 e. The third kappa shape index (κ3) is 3.68. The Bertz CT molecular complexity index is 492. The number of aliphatic hydroxyl groups excluding tert-OH is 4. The predicted molar refractivity (Wildman–Crippen MR) is 71.1 cm³/mol. The van der Waals surface area contributed by atoms with Crippen molar-refractivity contribution in [2.45, 2.75) is 30.7 Å². The van der Waals surface area contributed by atoms with E-state index < -0.39 is 42.2 Å². The SMILES string of the molecule is O.O=[N+]([O-])c1ccc(O[C@@H]2OC(CO)C(O)C(O)C2O)cc1. The van der Waals surface area contributed by atoms with Crippen molar-refractivity contribution in [3.05, 3.63) is 34.4 Å². The van der Waals surface area contributed by atoms with Gasteiger partial charge in [0.05, 0.1) is 11.5 Å². The number of nitro groups is 1. The monoisotopic (exact) mass is 319 g/mol. The Hall–Kier alpha value is -1.82. The quantitative estimate of drug-likeness (QED) is 0.362. The molecule has 1 heterocycles. The van der Waals surface area contributed by atoms with Gasteiger partial charge >= 0.3 is 0 Å². The van der Waals surface area contributed by atoms with Gasteiger partial charge in [-0.15, -0.1) is 0 Å². The van der Waals surface area contributed by atoms with Gasteiger partial charge in [0.2, 0.25) is 6.29 Å². The fourth-order valence-electron chi connectivity index (χ4n) is 1.95. The van der Waals surface area contributed by atoms with Gasteiger partial charge in [-0.1, -0.05) is 0 Å². The third-order valence-corrected chi connectivity index (χ3v) is 3.15. The van der Waals surface area contributed by atoms with Crippen LogP contribution in [0.4, 0.5) is 5.69 Å². The number of aliphatic hydroxyl groups is 4. The number of rotatable bonds is 4. The van der Waals surface area contributed by atoms with Crippen LogP contribution >= 0.6 is 0 Å². The smallest absolute Gasteiger partial charge is 0.269 e. The van der Waals surface area contributed by atoms with Crippen LogP contribution in [0.15, 0.2) is 24.3 Å². The maximum absolute atomic E-state index is 10.5. The first-order valence-electron chi connectivity index (χ1n) is 6.15. The zero-order valence-corrected chi connectivity index (χ0v) is 11.3. The number of nitrogens with zero attached hydrogens (tertiary/aromatic N) is 1. The molecule has 0 radical (unpaired) electrons. The molecule has 124 valence electrons. The predicted octanol–water partition coefficient (Wildman–Crippen LogP) is -2.05. The van der Waals surface area contributed by atoms with Crippen LogP contribution in [0.5, 0.6) is 5.75 Å². The van der Waals surface area contributed by atoms with Crippen LogP contribution in [0.1, 0.15) is 0 Å². The Morgan fingerprint density at radius 2 is 1.73 bits per heavy atom. The Morgan fingerprint density at radius 3 is 2.23 bits per heavy atom. The van der Waals surface area contributed by atoms with E-state index >= 15 is 0 Å². The third-order valence-electron chi connectivity index (χ3n) is 3.15. The number of nitro benzene ring substituents is 1. The van der Waals surface area contributed by atoms with Gasteiger partial charge in [-0.2, -0.15) is 0 Å². The number of benzene rings is 1. The van der Waals surface area contributed by atoms with Crippen LogP contribution in [0.3, 0.4) is 0 Å². The van der Waals surface area contributed by atoms with Gasteiger partial charge in [-0.05, 0) is 12.1 Å². The molecule has 6 N–H and O–H groups in total. The highest BCUT2D eigenvalue weighted by Crippen LogP contribution is 2.25. The van der Waals surface area contributed by atoms with Crippen molar-refractivity contribution < 1.29 is 40.3 Å². The minimum atomic E-state index is -1.54. The highest BCUT2D eigenvalue weighted by Gasteiger charge is 2.44. The summed E-state index contributed by atoms with van der Waals surface area (Å²) in [7, 11) is 0. The summed E-state index contributed by atoms with van der Waals surface area (Å²) in [5.74, 6) is 0.171. The molecule has 10 heteroatoms. The summed E-state index contributed by atoms with van der Waals surface area (Å²) < 4.78 is 10.4. The van der Waals surface area contributed by atoms with E-state index in [9.17, 15) is 25.4 Å². The van der Waals surface area contributed by atoms with Gasteiger partial charge in [0.15, 0.2) is 0 Å². The van der Waals surface area contributed by atoms with Gasteiger partial charge in [0, 0.05) is 12.1 Å². The zero-order chi connectivity index (χ0) is 15.6. The molecule has 1 fully saturated rings. The second kappa shape index (κ2) is 7.45. The van der Waals surface area contributed by atoms with Crippen molar-refractivity contribution >= 4 is 5.69 Å². The second-order valence-corrected chi connectivity index (χ2v) is 4.57. The van der Waals surface area contributed by atoms with Gasteiger partial charge in [-0.25, -0.2) is 0 Å². The standard InChI is InChI=1S/C12H15NO8.H2O/c14-5-8-9(15)10(16)11(17)12(21-8)20-7-3-1-6(2-4-7)13(18)19;/h1-4,8-12,14-17H,5H2;1H2/t8?,9?,10?,11?,12-;/m1./s1. The summed E-state index contributed by atoms with van der Waals surface area (Å²) in [6.45, 7) is -0.564. The van der Waals surface area contributed by atoms with E-state index in [2.05, 4.69) is 0 Å². The van der Waals surface area contributed by atoms with Crippen LogP contribution in [-0.2, 0) is 4.74 Å². The normalized spacial score (nSPS) is 31.2. The number of ether oxygens (including phenoxy) is 2. The molecule has 1 aromatic carbocycles. The molecule has 0 bridgehead atoms. The summed E-state index contributed by atoms with van der Waals surface area (Å²) in [6, 6.07) is 5.03. The first kappa shape index (κ1) is 18.2. The molecule has 10 nitrogen and oxygen atoms in total. The molecular formula is C12H17NO9. The molecule has 0 amide bonds. The molecule has 0 aromatic heterocycles. The molecule has 22 heavy (non-hydrogen) atoms. The fourth-order valence-corrected chi connectivity index (χ4v) is 1.95. The van der Waals surface area contributed by atoms with Crippen LogP contribution in [0.2, 0.25) is 0 Å². The highest BCUT2D eigenvalue weighted by atomic mass is 16.7. The van der Waals surface area contributed by atoms with E-state index in [1.807, 2.05) is 0 Å². The Balaban J connectivity index is 0.00000242. The lowest BCUT2D eigenvalue weighted by molar-refractivity contribution is -0.384. The summed E-state index contributed by atoms with van der Waals surface area (Å²) in [5.41, 5.74) is -0.129. The summed E-state index contributed by atoms with van der Waals surface area (Å²) >= 11 is 0. The van der Waals surface area contributed by atoms with E-state index in [1.54, 1.807) is 0 Å². The fraction of sp³-hybridized carbons (Fsp3) is 0.500. The average molecular weight is 319 g/mol. The lowest BCUT2D eigenvalue weighted by Crippen LogP contribution is -2.60. The molecule has 1 aliphatic heterocycles.